The van der Waals surface area contributed by atoms with E-state index in [0.29, 0.717) is 18.1 Å². The molecule has 0 aliphatic carbocycles. The minimum atomic E-state index is 0.359. The molecule has 0 unspecified atom stereocenters. The van der Waals surface area contributed by atoms with Crippen molar-refractivity contribution in [1.82, 2.24) is 9.97 Å². The molecule has 0 saturated heterocycles. The second-order valence-electron chi connectivity index (χ2n) is 3.47. The second-order valence-corrected chi connectivity index (χ2v) is 3.47. The monoisotopic (exact) mass is 215 g/mol. The maximum absolute atomic E-state index is 5.55. The average molecular weight is 215 g/mol. The van der Waals surface area contributed by atoms with Crippen LogP contribution in [0.3, 0.4) is 0 Å². The van der Waals surface area contributed by atoms with Gasteiger partial charge < -0.3 is 10.5 Å². The number of rotatable bonds is 3. The van der Waals surface area contributed by atoms with Crippen molar-refractivity contribution < 1.29 is 4.74 Å². The first-order valence-corrected chi connectivity index (χ1v) is 5.03. The van der Waals surface area contributed by atoms with Crippen molar-refractivity contribution in [3.05, 3.63) is 47.9 Å². The lowest BCUT2D eigenvalue weighted by Crippen LogP contribution is -2.01. The Hall–Kier alpha value is -1.94. The molecule has 1 aromatic heterocycles. The third-order valence-electron chi connectivity index (χ3n) is 2.11. The lowest BCUT2D eigenvalue weighted by Gasteiger charge is -2.05. The third kappa shape index (κ3) is 2.55. The molecule has 0 radical (unpaired) electrons. The zero-order valence-electron chi connectivity index (χ0n) is 9.05. The van der Waals surface area contributed by atoms with Gasteiger partial charge in [0.1, 0.15) is 5.75 Å². The summed E-state index contributed by atoms with van der Waals surface area (Å²) in [4.78, 5) is 8.20. The molecular formula is C12H13N3O. The fourth-order valence-electron chi connectivity index (χ4n) is 1.26. The van der Waals surface area contributed by atoms with E-state index in [1.54, 1.807) is 12.4 Å². The average Bonchev–Trinajstić information content (AvgIpc) is 2.32. The molecule has 1 aromatic carbocycles. The van der Waals surface area contributed by atoms with Crippen LogP contribution in [-0.4, -0.2) is 9.97 Å². The Balaban J connectivity index is 2.16. The first-order valence-electron chi connectivity index (χ1n) is 5.03. The zero-order valence-corrected chi connectivity index (χ0v) is 9.05. The molecule has 2 rings (SSSR count). The largest absolute Gasteiger partial charge is 0.437 e. The Bertz CT molecular complexity index is 468. The van der Waals surface area contributed by atoms with Crippen molar-refractivity contribution >= 4 is 0 Å². The smallest absolute Gasteiger partial charge is 0.238 e. The summed E-state index contributed by atoms with van der Waals surface area (Å²) in [6.07, 6.45) is 3.20. The number of benzene rings is 1. The molecule has 0 aliphatic heterocycles. The number of hydrogen-bond donors (Lipinski definition) is 1. The van der Waals surface area contributed by atoms with Crippen LogP contribution in [0.1, 0.15) is 11.3 Å². The minimum Gasteiger partial charge on any atom is -0.437 e. The Morgan fingerprint density at radius 2 is 1.94 bits per heavy atom. The minimum absolute atomic E-state index is 0.359. The number of nitrogens with two attached hydrogens (primary N) is 1. The van der Waals surface area contributed by atoms with E-state index in [0.717, 1.165) is 5.75 Å². The van der Waals surface area contributed by atoms with Gasteiger partial charge in [0.25, 0.3) is 0 Å². The van der Waals surface area contributed by atoms with Crippen LogP contribution in [0.5, 0.6) is 11.6 Å². The van der Waals surface area contributed by atoms with Gasteiger partial charge in [-0.15, -0.1) is 0 Å². The molecule has 0 aliphatic rings. The van der Waals surface area contributed by atoms with Gasteiger partial charge >= 0.3 is 0 Å². The maximum atomic E-state index is 5.55. The van der Waals surface area contributed by atoms with Crippen molar-refractivity contribution in [2.45, 2.75) is 13.5 Å². The van der Waals surface area contributed by atoms with Crippen LogP contribution in [0.4, 0.5) is 0 Å². The van der Waals surface area contributed by atoms with Gasteiger partial charge in [-0.1, -0.05) is 17.7 Å². The zero-order chi connectivity index (χ0) is 11.4. The molecule has 0 spiro atoms. The summed E-state index contributed by atoms with van der Waals surface area (Å²) >= 11 is 0. The first kappa shape index (κ1) is 10.6. The predicted octanol–water partition coefficient (Wildman–Crippen LogP) is 2.04. The highest BCUT2D eigenvalue weighted by Crippen LogP contribution is 2.18. The Labute approximate surface area is 94.1 Å². The van der Waals surface area contributed by atoms with Gasteiger partial charge in [0.2, 0.25) is 5.88 Å². The van der Waals surface area contributed by atoms with Crippen molar-refractivity contribution in [3.63, 3.8) is 0 Å². The summed E-state index contributed by atoms with van der Waals surface area (Å²) in [7, 11) is 0. The van der Waals surface area contributed by atoms with Crippen LogP contribution >= 0.6 is 0 Å². The van der Waals surface area contributed by atoms with Crippen LogP contribution in [0.15, 0.2) is 36.7 Å². The van der Waals surface area contributed by atoms with E-state index in [4.69, 9.17) is 10.5 Å². The fourth-order valence-corrected chi connectivity index (χ4v) is 1.26. The van der Waals surface area contributed by atoms with Crippen LogP contribution in [0.25, 0.3) is 0 Å². The summed E-state index contributed by atoms with van der Waals surface area (Å²) in [5.74, 6) is 1.21. The van der Waals surface area contributed by atoms with E-state index in [1.165, 1.54) is 5.56 Å². The van der Waals surface area contributed by atoms with Crippen molar-refractivity contribution in [1.29, 1.82) is 0 Å². The SMILES string of the molecule is Cc1ccc(Oc2cncc(CN)n2)cc1. The summed E-state index contributed by atoms with van der Waals surface area (Å²) in [5, 5.41) is 0. The molecule has 0 saturated carbocycles. The van der Waals surface area contributed by atoms with E-state index >= 15 is 0 Å². The lowest BCUT2D eigenvalue weighted by molar-refractivity contribution is 0.457. The van der Waals surface area contributed by atoms with Gasteiger partial charge in [0, 0.05) is 12.7 Å². The predicted molar refractivity (Wildman–Crippen MR) is 61.2 cm³/mol. The molecule has 0 fully saturated rings. The van der Waals surface area contributed by atoms with E-state index in [2.05, 4.69) is 9.97 Å². The van der Waals surface area contributed by atoms with E-state index in [1.807, 2.05) is 31.2 Å². The fraction of sp³-hybridized carbons (Fsp3) is 0.167. The quantitative estimate of drug-likeness (QED) is 0.851. The summed E-state index contributed by atoms with van der Waals surface area (Å²) in [5.41, 5.74) is 7.38. The molecule has 4 nitrogen and oxygen atoms in total. The number of ether oxygens (including phenoxy) is 1. The molecular weight excluding hydrogens is 202 g/mol. The molecule has 2 N–H and O–H groups in total. The van der Waals surface area contributed by atoms with Crippen LogP contribution < -0.4 is 10.5 Å². The lowest BCUT2D eigenvalue weighted by atomic mass is 10.2. The molecule has 2 aromatic rings. The number of nitrogens with zero attached hydrogens (tertiary/aromatic N) is 2. The molecule has 0 bridgehead atoms. The van der Waals surface area contributed by atoms with Crippen molar-refractivity contribution in [3.8, 4) is 11.6 Å². The molecule has 4 heteroatoms. The van der Waals surface area contributed by atoms with E-state index in [9.17, 15) is 0 Å². The Kier molecular flexibility index (Phi) is 3.12. The highest BCUT2D eigenvalue weighted by atomic mass is 16.5. The molecule has 1 heterocycles. The Morgan fingerprint density at radius 3 is 2.62 bits per heavy atom. The summed E-state index contributed by atoms with van der Waals surface area (Å²) in [6, 6.07) is 7.75. The number of aromatic nitrogens is 2. The van der Waals surface area contributed by atoms with E-state index in [-0.39, 0.29) is 0 Å². The van der Waals surface area contributed by atoms with Crippen LogP contribution in [0.2, 0.25) is 0 Å². The standard InChI is InChI=1S/C12H13N3O/c1-9-2-4-11(5-3-9)16-12-8-14-7-10(6-13)15-12/h2-5,7-8H,6,13H2,1H3. The highest BCUT2D eigenvalue weighted by Gasteiger charge is 2.00. The molecule has 82 valence electrons. The highest BCUT2D eigenvalue weighted by molar-refractivity contribution is 5.29. The first-order chi connectivity index (χ1) is 7.78. The topological polar surface area (TPSA) is 61.0 Å². The van der Waals surface area contributed by atoms with E-state index < -0.39 is 0 Å². The third-order valence-corrected chi connectivity index (χ3v) is 2.11. The second kappa shape index (κ2) is 4.72. The normalized spacial score (nSPS) is 10.1. The van der Waals surface area contributed by atoms with Crippen molar-refractivity contribution in [2.75, 3.05) is 0 Å². The molecule has 0 atom stereocenters. The van der Waals surface area contributed by atoms with Gasteiger partial charge in [0.15, 0.2) is 0 Å². The number of aryl methyl sites for hydroxylation is 1. The molecule has 16 heavy (non-hydrogen) atoms. The van der Waals surface area contributed by atoms with Crippen LogP contribution in [0, 0.1) is 6.92 Å². The number of hydrogen-bond acceptors (Lipinski definition) is 4. The van der Waals surface area contributed by atoms with Crippen molar-refractivity contribution in [2.24, 2.45) is 5.73 Å². The summed E-state index contributed by atoms with van der Waals surface area (Å²) in [6.45, 7) is 2.39. The summed E-state index contributed by atoms with van der Waals surface area (Å²) < 4.78 is 5.55. The molecule has 0 amide bonds. The Morgan fingerprint density at radius 1 is 1.19 bits per heavy atom. The van der Waals surface area contributed by atoms with Gasteiger partial charge in [-0.3, -0.25) is 4.98 Å². The van der Waals surface area contributed by atoms with Gasteiger partial charge in [0.05, 0.1) is 11.9 Å². The van der Waals surface area contributed by atoms with Crippen LogP contribution in [-0.2, 0) is 6.54 Å². The van der Waals surface area contributed by atoms with Gasteiger partial charge in [-0.25, -0.2) is 4.98 Å². The van der Waals surface area contributed by atoms with Gasteiger partial charge in [-0.05, 0) is 19.1 Å². The van der Waals surface area contributed by atoms with Gasteiger partial charge in [-0.2, -0.15) is 0 Å². The maximum Gasteiger partial charge on any atom is 0.238 e.